The third-order valence-electron chi connectivity index (χ3n) is 2.48. The molecule has 76 valence electrons. The largest absolute Gasteiger partial charge is 0.348 e. The van der Waals surface area contributed by atoms with Crippen molar-refractivity contribution in [1.82, 2.24) is 0 Å². The van der Waals surface area contributed by atoms with Crippen LogP contribution in [0.1, 0.15) is 17.2 Å². The van der Waals surface area contributed by atoms with E-state index in [-0.39, 0.29) is 12.4 Å². The summed E-state index contributed by atoms with van der Waals surface area (Å²) in [5, 5.41) is 0. The van der Waals surface area contributed by atoms with Crippen molar-refractivity contribution in [3.8, 4) is 0 Å². The molecule has 0 spiro atoms. The van der Waals surface area contributed by atoms with E-state index in [9.17, 15) is 0 Å². The molecule has 3 nitrogen and oxygen atoms in total. The quantitative estimate of drug-likeness (QED) is 0.771. The fourth-order valence-corrected chi connectivity index (χ4v) is 1.69. The van der Waals surface area contributed by atoms with Gasteiger partial charge in [0.05, 0.1) is 6.61 Å². The first kappa shape index (κ1) is 9.65. The predicted molar refractivity (Wildman–Crippen MR) is 53.8 cm³/mol. The van der Waals surface area contributed by atoms with Crippen LogP contribution in [0.5, 0.6) is 0 Å². The van der Waals surface area contributed by atoms with Gasteiger partial charge in [0.2, 0.25) is 0 Å². The molecule has 1 fully saturated rings. The summed E-state index contributed by atoms with van der Waals surface area (Å²) in [7, 11) is 0. The molecular formula is C11H15NO2. The Morgan fingerprint density at radius 1 is 1.43 bits per heavy atom. The van der Waals surface area contributed by atoms with Gasteiger partial charge in [0, 0.05) is 6.54 Å². The van der Waals surface area contributed by atoms with Gasteiger partial charge in [0.1, 0.15) is 6.10 Å². The highest BCUT2D eigenvalue weighted by atomic mass is 16.7. The Morgan fingerprint density at radius 3 is 2.86 bits per heavy atom. The topological polar surface area (TPSA) is 44.5 Å². The molecule has 1 aliphatic heterocycles. The van der Waals surface area contributed by atoms with E-state index in [2.05, 4.69) is 19.1 Å². The zero-order chi connectivity index (χ0) is 9.97. The number of hydrogen-bond donors (Lipinski definition) is 1. The van der Waals surface area contributed by atoms with Crippen LogP contribution in [0.3, 0.4) is 0 Å². The van der Waals surface area contributed by atoms with E-state index in [0.717, 1.165) is 0 Å². The first-order valence-corrected chi connectivity index (χ1v) is 4.84. The highest BCUT2D eigenvalue weighted by Crippen LogP contribution is 2.27. The van der Waals surface area contributed by atoms with Crippen LogP contribution < -0.4 is 5.73 Å². The lowest BCUT2D eigenvalue weighted by Crippen LogP contribution is -2.20. The molecule has 3 heteroatoms. The molecule has 2 N–H and O–H groups in total. The van der Waals surface area contributed by atoms with E-state index in [0.29, 0.717) is 13.2 Å². The van der Waals surface area contributed by atoms with Crippen LogP contribution in [0, 0.1) is 6.92 Å². The third kappa shape index (κ3) is 1.80. The van der Waals surface area contributed by atoms with Gasteiger partial charge in [-0.3, -0.25) is 0 Å². The van der Waals surface area contributed by atoms with E-state index < -0.39 is 0 Å². The van der Waals surface area contributed by atoms with Gasteiger partial charge in [0.15, 0.2) is 6.29 Å². The maximum atomic E-state index is 5.63. The summed E-state index contributed by atoms with van der Waals surface area (Å²) in [5.41, 5.74) is 7.89. The monoisotopic (exact) mass is 193 g/mol. The lowest BCUT2D eigenvalue weighted by atomic mass is 10.0. The molecular weight excluding hydrogens is 178 g/mol. The molecule has 0 aromatic heterocycles. The normalized spacial score (nSPS) is 26.7. The average molecular weight is 193 g/mol. The molecule has 1 aliphatic rings. The summed E-state index contributed by atoms with van der Waals surface area (Å²) in [6.07, 6.45) is -0.190. The number of benzene rings is 1. The Morgan fingerprint density at radius 2 is 2.21 bits per heavy atom. The van der Waals surface area contributed by atoms with Crippen LogP contribution in [0.25, 0.3) is 0 Å². The molecule has 2 unspecified atom stereocenters. The summed E-state index contributed by atoms with van der Waals surface area (Å²) in [6, 6.07) is 8.19. The maximum Gasteiger partial charge on any atom is 0.170 e. The predicted octanol–water partition coefficient (Wildman–Crippen LogP) is 1.37. The fraction of sp³-hybridized carbons (Fsp3) is 0.455. The highest BCUT2D eigenvalue weighted by Gasteiger charge is 2.26. The molecule has 0 aliphatic carbocycles. The van der Waals surface area contributed by atoms with Crippen LogP contribution in [-0.2, 0) is 9.47 Å². The summed E-state index contributed by atoms with van der Waals surface area (Å²) in [6.45, 7) is 3.10. The van der Waals surface area contributed by atoms with Gasteiger partial charge in [-0.25, -0.2) is 0 Å². The van der Waals surface area contributed by atoms with Gasteiger partial charge >= 0.3 is 0 Å². The van der Waals surface area contributed by atoms with Crippen molar-refractivity contribution in [3.63, 3.8) is 0 Å². The van der Waals surface area contributed by atoms with Crippen LogP contribution in [0.2, 0.25) is 0 Å². The second-order valence-electron chi connectivity index (χ2n) is 3.48. The van der Waals surface area contributed by atoms with Crippen molar-refractivity contribution >= 4 is 0 Å². The first-order chi connectivity index (χ1) is 6.81. The second kappa shape index (κ2) is 4.09. The molecule has 2 rings (SSSR count). The van der Waals surface area contributed by atoms with Crippen LogP contribution in [0.4, 0.5) is 0 Å². The van der Waals surface area contributed by atoms with E-state index in [1.54, 1.807) is 0 Å². The van der Waals surface area contributed by atoms with E-state index in [4.69, 9.17) is 15.2 Å². The Balaban J connectivity index is 2.13. The van der Waals surface area contributed by atoms with Crippen molar-refractivity contribution in [2.75, 3.05) is 13.2 Å². The fourth-order valence-electron chi connectivity index (χ4n) is 1.69. The van der Waals surface area contributed by atoms with Gasteiger partial charge in [-0.05, 0) is 18.1 Å². The lowest BCUT2D eigenvalue weighted by molar-refractivity contribution is -0.0498. The molecule has 1 saturated heterocycles. The zero-order valence-electron chi connectivity index (χ0n) is 8.27. The van der Waals surface area contributed by atoms with Crippen LogP contribution in [-0.4, -0.2) is 19.4 Å². The Kier molecular flexibility index (Phi) is 2.82. The van der Waals surface area contributed by atoms with Crippen molar-refractivity contribution in [1.29, 1.82) is 0 Å². The molecule has 0 amide bonds. The van der Waals surface area contributed by atoms with Crippen LogP contribution >= 0.6 is 0 Å². The SMILES string of the molecule is Cc1ccccc1C1COC(CN)O1. The van der Waals surface area contributed by atoms with Gasteiger partial charge in [0.25, 0.3) is 0 Å². The minimum atomic E-state index is -0.236. The highest BCUT2D eigenvalue weighted by molar-refractivity contribution is 5.28. The summed E-state index contributed by atoms with van der Waals surface area (Å²) < 4.78 is 11.0. The summed E-state index contributed by atoms with van der Waals surface area (Å²) in [5.74, 6) is 0. The number of ether oxygens (including phenoxy) is 2. The Labute approximate surface area is 83.8 Å². The number of rotatable bonds is 2. The molecule has 0 bridgehead atoms. The van der Waals surface area contributed by atoms with Crippen molar-refractivity contribution in [3.05, 3.63) is 35.4 Å². The van der Waals surface area contributed by atoms with Gasteiger partial charge in [-0.2, -0.15) is 0 Å². The number of aryl methyl sites for hydroxylation is 1. The Bertz CT molecular complexity index is 314. The molecule has 2 atom stereocenters. The average Bonchev–Trinajstić information content (AvgIpc) is 2.67. The molecule has 0 radical (unpaired) electrons. The zero-order valence-corrected chi connectivity index (χ0v) is 8.27. The molecule has 14 heavy (non-hydrogen) atoms. The first-order valence-electron chi connectivity index (χ1n) is 4.84. The van der Waals surface area contributed by atoms with Gasteiger partial charge < -0.3 is 15.2 Å². The number of nitrogens with two attached hydrogens (primary N) is 1. The van der Waals surface area contributed by atoms with Crippen molar-refractivity contribution in [2.45, 2.75) is 19.3 Å². The molecule has 1 aromatic rings. The minimum Gasteiger partial charge on any atom is -0.348 e. The van der Waals surface area contributed by atoms with Gasteiger partial charge in [-0.1, -0.05) is 24.3 Å². The molecule has 1 heterocycles. The van der Waals surface area contributed by atoms with E-state index in [1.807, 2.05) is 12.1 Å². The van der Waals surface area contributed by atoms with Crippen molar-refractivity contribution in [2.24, 2.45) is 5.73 Å². The second-order valence-corrected chi connectivity index (χ2v) is 3.48. The Hall–Kier alpha value is -0.900. The minimum absolute atomic E-state index is 0.0461. The smallest absolute Gasteiger partial charge is 0.170 e. The molecule has 0 saturated carbocycles. The van der Waals surface area contributed by atoms with Crippen molar-refractivity contribution < 1.29 is 9.47 Å². The van der Waals surface area contributed by atoms with Gasteiger partial charge in [-0.15, -0.1) is 0 Å². The summed E-state index contributed by atoms with van der Waals surface area (Å²) in [4.78, 5) is 0. The van der Waals surface area contributed by atoms with E-state index >= 15 is 0 Å². The maximum absolute atomic E-state index is 5.63. The van der Waals surface area contributed by atoms with E-state index in [1.165, 1.54) is 11.1 Å². The third-order valence-corrected chi connectivity index (χ3v) is 2.48. The number of hydrogen-bond acceptors (Lipinski definition) is 3. The van der Waals surface area contributed by atoms with Crippen LogP contribution in [0.15, 0.2) is 24.3 Å². The summed E-state index contributed by atoms with van der Waals surface area (Å²) >= 11 is 0. The molecule has 1 aromatic carbocycles. The standard InChI is InChI=1S/C11H15NO2/c1-8-4-2-3-5-9(8)10-7-13-11(6-12)14-10/h2-5,10-11H,6-7,12H2,1H3. The lowest BCUT2D eigenvalue weighted by Gasteiger charge is -2.12.